The van der Waals surface area contributed by atoms with Crippen LogP contribution in [0.5, 0.6) is 5.75 Å². The predicted octanol–water partition coefficient (Wildman–Crippen LogP) is 2.25. The van der Waals surface area contributed by atoms with Gasteiger partial charge in [0.15, 0.2) is 0 Å². The van der Waals surface area contributed by atoms with E-state index in [-0.39, 0.29) is 0 Å². The molecule has 72 valence electrons. The number of halogens is 1. The summed E-state index contributed by atoms with van der Waals surface area (Å²) in [5, 5.41) is 10.3. The van der Waals surface area contributed by atoms with Gasteiger partial charge in [-0.25, -0.2) is 0 Å². The van der Waals surface area contributed by atoms with Gasteiger partial charge in [0, 0.05) is 10.6 Å². The van der Waals surface area contributed by atoms with Crippen molar-refractivity contribution in [1.82, 2.24) is 0 Å². The highest BCUT2D eigenvalue weighted by Gasteiger charge is 2.07. The fourth-order valence-electron chi connectivity index (χ4n) is 1.25. The smallest absolute Gasteiger partial charge is 0.123 e. The zero-order valence-corrected chi connectivity index (χ0v) is 8.43. The van der Waals surface area contributed by atoms with Gasteiger partial charge >= 0.3 is 0 Å². The second-order valence-corrected chi connectivity index (χ2v) is 3.49. The minimum atomic E-state index is 0.306. The molecule has 1 aromatic carbocycles. The largest absolute Gasteiger partial charge is 0.507 e. The third-order valence-corrected chi connectivity index (χ3v) is 2.41. The summed E-state index contributed by atoms with van der Waals surface area (Å²) in [6, 6.07) is 3.62. The summed E-state index contributed by atoms with van der Waals surface area (Å²) in [6.45, 7) is 2.47. The van der Waals surface area contributed by atoms with Crippen LogP contribution in [-0.4, -0.2) is 11.7 Å². The summed E-state index contributed by atoms with van der Waals surface area (Å²) in [5.74, 6) is 0.306. The molecule has 13 heavy (non-hydrogen) atoms. The zero-order valence-electron chi connectivity index (χ0n) is 7.68. The quantitative estimate of drug-likeness (QED) is 0.785. The number of rotatable bonds is 3. The maximum Gasteiger partial charge on any atom is 0.123 e. The van der Waals surface area contributed by atoms with E-state index >= 15 is 0 Å². The lowest BCUT2D eigenvalue weighted by Crippen LogP contribution is -2.01. The maximum atomic E-state index is 9.68. The van der Waals surface area contributed by atoms with Crippen LogP contribution in [0.15, 0.2) is 12.1 Å². The van der Waals surface area contributed by atoms with E-state index in [9.17, 15) is 5.11 Å². The second kappa shape index (κ2) is 4.49. The molecule has 0 fully saturated rings. The number of aryl methyl sites for hydroxylation is 1. The van der Waals surface area contributed by atoms with Crippen LogP contribution in [0.4, 0.5) is 0 Å². The summed E-state index contributed by atoms with van der Waals surface area (Å²) in [7, 11) is 0. The van der Waals surface area contributed by atoms with Crippen molar-refractivity contribution in [3.8, 4) is 5.75 Å². The first kappa shape index (κ1) is 10.4. The molecule has 0 heterocycles. The Balaban J connectivity index is 2.96. The molecule has 0 amide bonds. The summed E-state index contributed by atoms with van der Waals surface area (Å²) in [5.41, 5.74) is 7.06. The molecule has 0 aliphatic carbocycles. The summed E-state index contributed by atoms with van der Waals surface area (Å²) in [4.78, 5) is 0. The van der Waals surface area contributed by atoms with E-state index < -0.39 is 0 Å². The highest BCUT2D eigenvalue weighted by Crippen LogP contribution is 2.29. The van der Waals surface area contributed by atoms with Crippen molar-refractivity contribution in [2.45, 2.75) is 19.8 Å². The third kappa shape index (κ3) is 2.36. The molecule has 0 unspecified atom stereocenters. The van der Waals surface area contributed by atoms with Crippen LogP contribution in [0.25, 0.3) is 0 Å². The summed E-state index contributed by atoms with van der Waals surface area (Å²) < 4.78 is 0. The van der Waals surface area contributed by atoms with Gasteiger partial charge in [-0.2, -0.15) is 0 Å². The van der Waals surface area contributed by atoms with Crippen LogP contribution in [-0.2, 0) is 6.42 Å². The predicted molar refractivity (Wildman–Crippen MR) is 55.2 cm³/mol. The minimum absolute atomic E-state index is 0.306. The van der Waals surface area contributed by atoms with Crippen molar-refractivity contribution < 1.29 is 5.11 Å². The summed E-state index contributed by atoms with van der Waals surface area (Å²) in [6.07, 6.45) is 1.58. The Hall–Kier alpha value is -0.730. The number of phenols is 1. The number of phenolic OH excluding ortho intramolecular Hbond substituents is 1. The SMILES string of the molecule is Cc1ccc(Cl)c(CCCN)c1O. The zero-order chi connectivity index (χ0) is 9.84. The van der Waals surface area contributed by atoms with Gasteiger partial charge in [-0.15, -0.1) is 0 Å². The fourth-order valence-corrected chi connectivity index (χ4v) is 1.49. The van der Waals surface area contributed by atoms with Crippen LogP contribution in [0, 0.1) is 6.92 Å². The Kier molecular flexibility index (Phi) is 3.58. The van der Waals surface area contributed by atoms with Crippen LogP contribution >= 0.6 is 11.6 Å². The van der Waals surface area contributed by atoms with Gasteiger partial charge in [0.2, 0.25) is 0 Å². The Morgan fingerprint density at radius 3 is 2.77 bits per heavy atom. The van der Waals surface area contributed by atoms with E-state index in [0.29, 0.717) is 17.3 Å². The van der Waals surface area contributed by atoms with E-state index in [2.05, 4.69) is 0 Å². The topological polar surface area (TPSA) is 46.2 Å². The average molecular weight is 200 g/mol. The number of hydrogen-bond donors (Lipinski definition) is 2. The van der Waals surface area contributed by atoms with Crippen LogP contribution in [0.2, 0.25) is 5.02 Å². The minimum Gasteiger partial charge on any atom is -0.507 e. The molecule has 0 saturated heterocycles. The number of aromatic hydroxyl groups is 1. The van der Waals surface area contributed by atoms with E-state index in [1.54, 1.807) is 0 Å². The molecule has 1 aromatic rings. The van der Waals surface area contributed by atoms with Crippen LogP contribution < -0.4 is 5.73 Å². The molecular formula is C10H14ClNO. The Morgan fingerprint density at radius 2 is 2.15 bits per heavy atom. The van der Waals surface area contributed by atoms with Crippen molar-refractivity contribution in [2.75, 3.05) is 6.54 Å². The van der Waals surface area contributed by atoms with Crippen molar-refractivity contribution >= 4 is 11.6 Å². The lowest BCUT2D eigenvalue weighted by molar-refractivity contribution is 0.463. The lowest BCUT2D eigenvalue weighted by atomic mass is 10.1. The van der Waals surface area contributed by atoms with E-state index in [0.717, 1.165) is 24.0 Å². The maximum absolute atomic E-state index is 9.68. The molecule has 1 rings (SSSR count). The molecule has 3 N–H and O–H groups in total. The molecule has 2 nitrogen and oxygen atoms in total. The Bertz CT molecular complexity index is 299. The fraction of sp³-hybridized carbons (Fsp3) is 0.400. The van der Waals surface area contributed by atoms with Gasteiger partial charge in [0.25, 0.3) is 0 Å². The van der Waals surface area contributed by atoms with Gasteiger partial charge in [0.05, 0.1) is 0 Å². The molecule has 0 saturated carbocycles. The number of nitrogens with two attached hydrogens (primary N) is 1. The first-order valence-electron chi connectivity index (χ1n) is 4.34. The van der Waals surface area contributed by atoms with Gasteiger partial charge < -0.3 is 10.8 Å². The molecule has 3 heteroatoms. The molecular weight excluding hydrogens is 186 g/mol. The van der Waals surface area contributed by atoms with Crippen molar-refractivity contribution in [3.63, 3.8) is 0 Å². The monoisotopic (exact) mass is 199 g/mol. The first-order valence-corrected chi connectivity index (χ1v) is 4.71. The molecule has 0 aromatic heterocycles. The van der Waals surface area contributed by atoms with E-state index in [1.807, 2.05) is 19.1 Å². The van der Waals surface area contributed by atoms with Gasteiger partial charge in [-0.1, -0.05) is 17.7 Å². The van der Waals surface area contributed by atoms with Gasteiger partial charge in [-0.05, 0) is 37.9 Å². The van der Waals surface area contributed by atoms with Crippen LogP contribution in [0.3, 0.4) is 0 Å². The molecule has 0 bridgehead atoms. The van der Waals surface area contributed by atoms with Crippen molar-refractivity contribution in [1.29, 1.82) is 0 Å². The number of benzene rings is 1. The highest BCUT2D eigenvalue weighted by atomic mass is 35.5. The summed E-state index contributed by atoms with van der Waals surface area (Å²) >= 11 is 5.94. The standard InChI is InChI=1S/C10H14ClNO/c1-7-4-5-9(11)8(10(7)13)3-2-6-12/h4-5,13H,2-3,6,12H2,1H3. The van der Waals surface area contributed by atoms with Crippen molar-refractivity contribution in [2.24, 2.45) is 5.73 Å². The second-order valence-electron chi connectivity index (χ2n) is 3.08. The van der Waals surface area contributed by atoms with E-state index in [4.69, 9.17) is 17.3 Å². The average Bonchev–Trinajstić information content (AvgIpc) is 2.12. The number of hydrogen-bond acceptors (Lipinski definition) is 2. The highest BCUT2D eigenvalue weighted by molar-refractivity contribution is 6.31. The normalized spacial score (nSPS) is 10.4. The first-order chi connectivity index (χ1) is 6.16. The van der Waals surface area contributed by atoms with E-state index in [1.165, 1.54) is 0 Å². The van der Waals surface area contributed by atoms with Gasteiger partial charge in [0.1, 0.15) is 5.75 Å². The Labute approximate surface area is 83.3 Å². The van der Waals surface area contributed by atoms with Crippen LogP contribution in [0.1, 0.15) is 17.5 Å². The molecule has 0 radical (unpaired) electrons. The molecule has 0 aliphatic rings. The molecule has 0 spiro atoms. The van der Waals surface area contributed by atoms with Gasteiger partial charge in [-0.3, -0.25) is 0 Å². The van der Waals surface area contributed by atoms with Crippen molar-refractivity contribution in [3.05, 3.63) is 28.3 Å². The molecule has 0 atom stereocenters. The molecule has 0 aliphatic heterocycles. The third-order valence-electron chi connectivity index (χ3n) is 2.06. The Morgan fingerprint density at radius 1 is 1.46 bits per heavy atom. The lowest BCUT2D eigenvalue weighted by Gasteiger charge is -2.08.